The third kappa shape index (κ3) is 4.51. The van der Waals surface area contributed by atoms with Crippen molar-refractivity contribution in [1.82, 2.24) is 4.90 Å². The number of allylic oxidation sites excluding steroid dienone is 4. The molecule has 0 bridgehead atoms. The molecule has 5 rings (SSSR count). The molecule has 2 aromatic carbocycles. The number of Topliss-reactive ketones (excluding diaryl/α,β-unsaturated/α-hetero) is 2. The number of halogens is 1. The molecule has 0 saturated carbocycles. The van der Waals surface area contributed by atoms with Crippen molar-refractivity contribution in [2.45, 2.75) is 65.7 Å². The number of hydrogen-bond acceptors (Lipinski definition) is 3. The maximum absolute atomic E-state index is 13.8. The van der Waals surface area contributed by atoms with Crippen LogP contribution < -0.4 is 0 Å². The molecule has 0 atom stereocenters. The molecule has 1 aliphatic heterocycles. The Hall–Kier alpha value is -3.01. The summed E-state index contributed by atoms with van der Waals surface area (Å²) in [6.07, 6.45) is 3.31. The minimum Gasteiger partial charge on any atom is -0.347 e. The van der Waals surface area contributed by atoms with Crippen LogP contribution in [-0.4, -0.2) is 23.0 Å². The van der Waals surface area contributed by atoms with Crippen LogP contribution in [0, 0.1) is 16.6 Å². The SMILES string of the molecule is CC1(C)CC(=O)C2=C(C1)N(CCc1ccccc1)C1=C(C(=O)CC(C)(C)C1)C2c1ccc(F)cc1. The molecule has 0 N–H and O–H groups in total. The highest BCUT2D eigenvalue weighted by Gasteiger charge is 2.48. The predicted molar refractivity (Wildman–Crippen MR) is 136 cm³/mol. The van der Waals surface area contributed by atoms with Gasteiger partial charge in [-0.25, -0.2) is 4.39 Å². The number of carbonyl (C=O) groups is 2. The van der Waals surface area contributed by atoms with Gasteiger partial charge in [0.1, 0.15) is 5.82 Å². The van der Waals surface area contributed by atoms with E-state index in [2.05, 4.69) is 44.7 Å². The van der Waals surface area contributed by atoms with E-state index in [1.54, 1.807) is 12.1 Å². The van der Waals surface area contributed by atoms with Gasteiger partial charge >= 0.3 is 0 Å². The second-order valence-corrected chi connectivity index (χ2v) is 12.0. The van der Waals surface area contributed by atoms with Gasteiger partial charge in [0.15, 0.2) is 11.6 Å². The molecule has 0 spiro atoms. The van der Waals surface area contributed by atoms with E-state index in [1.807, 2.05) is 18.2 Å². The summed E-state index contributed by atoms with van der Waals surface area (Å²) in [7, 11) is 0. The van der Waals surface area contributed by atoms with Crippen LogP contribution in [-0.2, 0) is 16.0 Å². The van der Waals surface area contributed by atoms with E-state index in [4.69, 9.17) is 0 Å². The van der Waals surface area contributed by atoms with Crippen molar-refractivity contribution in [3.63, 3.8) is 0 Å². The molecule has 35 heavy (non-hydrogen) atoms. The van der Waals surface area contributed by atoms with E-state index in [0.717, 1.165) is 53.9 Å². The smallest absolute Gasteiger partial charge is 0.162 e. The van der Waals surface area contributed by atoms with Gasteiger partial charge in [-0.2, -0.15) is 0 Å². The van der Waals surface area contributed by atoms with E-state index < -0.39 is 5.92 Å². The zero-order chi connectivity index (χ0) is 25.0. The molecule has 0 fully saturated rings. The minimum absolute atomic E-state index is 0.111. The van der Waals surface area contributed by atoms with E-state index >= 15 is 0 Å². The molecule has 0 saturated heterocycles. The van der Waals surface area contributed by atoms with Crippen molar-refractivity contribution in [3.05, 3.63) is 94.1 Å². The molecule has 4 heteroatoms. The van der Waals surface area contributed by atoms with Crippen molar-refractivity contribution in [2.24, 2.45) is 10.8 Å². The highest BCUT2D eigenvalue weighted by atomic mass is 19.1. The summed E-state index contributed by atoms with van der Waals surface area (Å²) in [6, 6.07) is 16.7. The number of benzene rings is 2. The fourth-order valence-corrected chi connectivity index (χ4v) is 6.19. The summed E-state index contributed by atoms with van der Waals surface area (Å²) in [5, 5.41) is 0. The Labute approximate surface area is 207 Å². The van der Waals surface area contributed by atoms with Crippen LogP contribution in [0.2, 0.25) is 0 Å². The number of hydrogen-bond donors (Lipinski definition) is 0. The van der Waals surface area contributed by atoms with E-state index in [9.17, 15) is 14.0 Å². The number of nitrogens with zero attached hydrogens (tertiary/aromatic N) is 1. The van der Waals surface area contributed by atoms with E-state index in [-0.39, 0.29) is 28.2 Å². The van der Waals surface area contributed by atoms with Crippen molar-refractivity contribution in [1.29, 1.82) is 0 Å². The molecular formula is C31H34FNO2. The summed E-state index contributed by atoms with van der Waals surface area (Å²) in [6.45, 7) is 9.33. The Balaban J connectivity index is 1.69. The van der Waals surface area contributed by atoms with Gasteiger partial charge in [-0.3, -0.25) is 9.59 Å². The van der Waals surface area contributed by atoms with Crippen molar-refractivity contribution < 1.29 is 14.0 Å². The molecule has 182 valence electrons. The molecule has 0 amide bonds. The highest BCUT2D eigenvalue weighted by molar-refractivity contribution is 6.06. The number of carbonyl (C=O) groups excluding carboxylic acids is 2. The average Bonchev–Trinajstić information content (AvgIpc) is 2.77. The van der Waals surface area contributed by atoms with Gasteiger partial charge in [0.05, 0.1) is 0 Å². The van der Waals surface area contributed by atoms with Gasteiger partial charge in [0.2, 0.25) is 0 Å². The second-order valence-electron chi connectivity index (χ2n) is 12.0. The van der Waals surface area contributed by atoms with E-state index in [0.29, 0.717) is 12.8 Å². The van der Waals surface area contributed by atoms with Gasteiger partial charge in [-0.05, 0) is 53.4 Å². The lowest BCUT2D eigenvalue weighted by Crippen LogP contribution is -2.45. The van der Waals surface area contributed by atoms with Crippen LogP contribution >= 0.6 is 0 Å². The largest absolute Gasteiger partial charge is 0.347 e. The molecule has 3 nitrogen and oxygen atoms in total. The quantitative estimate of drug-likeness (QED) is 0.495. The Morgan fingerprint density at radius 1 is 0.771 bits per heavy atom. The fraction of sp³-hybridized carbons (Fsp3) is 0.419. The monoisotopic (exact) mass is 471 g/mol. The number of ketones is 2. The first kappa shape index (κ1) is 23.7. The zero-order valence-corrected chi connectivity index (χ0v) is 21.2. The lowest BCUT2D eigenvalue weighted by molar-refractivity contribution is -0.119. The van der Waals surface area contributed by atoms with Crippen molar-refractivity contribution >= 4 is 11.6 Å². The Morgan fingerprint density at radius 2 is 1.29 bits per heavy atom. The molecule has 3 aliphatic rings. The van der Waals surface area contributed by atoms with Gasteiger partial charge in [0, 0.05) is 47.8 Å². The van der Waals surface area contributed by atoms with Crippen LogP contribution in [0.25, 0.3) is 0 Å². The van der Waals surface area contributed by atoms with Crippen molar-refractivity contribution in [2.75, 3.05) is 6.54 Å². The van der Waals surface area contributed by atoms with Crippen molar-refractivity contribution in [3.8, 4) is 0 Å². The lowest BCUT2D eigenvalue weighted by atomic mass is 9.63. The maximum atomic E-state index is 13.8. The van der Waals surface area contributed by atoms with Crippen LogP contribution in [0.5, 0.6) is 0 Å². The molecule has 0 aromatic heterocycles. The first-order chi connectivity index (χ1) is 16.5. The molecule has 0 unspecified atom stereocenters. The Morgan fingerprint density at radius 3 is 1.80 bits per heavy atom. The summed E-state index contributed by atoms with van der Waals surface area (Å²) >= 11 is 0. The predicted octanol–water partition coefficient (Wildman–Crippen LogP) is 6.75. The standard InChI is InChI=1S/C31H34FNO2/c1-30(2)16-23-28(25(34)18-30)27(21-10-12-22(32)13-11-21)29-24(17-31(3,4)19-26(29)35)33(23)15-14-20-8-6-5-7-9-20/h5-13,27H,14-19H2,1-4H3. The minimum atomic E-state index is -0.416. The average molecular weight is 472 g/mol. The number of rotatable bonds is 4. The van der Waals surface area contributed by atoms with Gasteiger partial charge in [0.25, 0.3) is 0 Å². The normalized spacial score (nSPS) is 21.8. The van der Waals surface area contributed by atoms with Crippen LogP contribution in [0.1, 0.15) is 70.4 Å². The molecule has 1 heterocycles. The molecular weight excluding hydrogens is 437 g/mol. The first-order valence-electron chi connectivity index (χ1n) is 12.6. The summed E-state index contributed by atoms with van der Waals surface area (Å²) < 4.78 is 13.8. The van der Waals surface area contributed by atoms with Crippen LogP contribution in [0.15, 0.2) is 77.1 Å². The zero-order valence-electron chi connectivity index (χ0n) is 21.2. The summed E-state index contributed by atoms with van der Waals surface area (Å²) in [5.74, 6) is -0.510. The topological polar surface area (TPSA) is 37.4 Å². The Bertz CT molecular complexity index is 1180. The molecule has 2 aliphatic carbocycles. The third-order valence-corrected chi connectivity index (χ3v) is 7.69. The second kappa shape index (κ2) is 8.58. The van der Waals surface area contributed by atoms with Gasteiger partial charge in [-0.1, -0.05) is 70.2 Å². The fourth-order valence-electron chi connectivity index (χ4n) is 6.19. The van der Waals surface area contributed by atoms with Gasteiger partial charge < -0.3 is 4.90 Å². The first-order valence-corrected chi connectivity index (χ1v) is 12.6. The Kier molecular flexibility index (Phi) is 5.82. The summed E-state index contributed by atoms with van der Waals surface area (Å²) in [5.41, 5.74) is 5.37. The molecule has 2 aromatic rings. The lowest BCUT2D eigenvalue weighted by Gasteiger charge is -2.49. The third-order valence-electron chi connectivity index (χ3n) is 7.69. The van der Waals surface area contributed by atoms with Gasteiger partial charge in [-0.15, -0.1) is 0 Å². The summed E-state index contributed by atoms with van der Waals surface area (Å²) in [4.78, 5) is 29.8. The maximum Gasteiger partial charge on any atom is 0.162 e. The van der Waals surface area contributed by atoms with Crippen LogP contribution in [0.3, 0.4) is 0 Å². The molecule has 0 radical (unpaired) electrons. The van der Waals surface area contributed by atoms with E-state index in [1.165, 1.54) is 17.7 Å². The highest BCUT2D eigenvalue weighted by Crippen LogP contribution is 2.54. The van der Waals surface area contributed by atoms with Crippen LogP contribution in [0.4, 0.5) is 4.39 Å².